The summed E-state index contributed by atoms with van der Waals surface area (Å²) in [7, 11) is 0. The predicted octanol–water partition coefficient (Wildman–Crippen LogP) is 2.51. The standard InChI is InChI=1S/C19H28N4O/c1-14(15-7-9-16(10-8-15)19(20)21)23-12-11-22(13-18(23)24)17-5-3-2-4-6-17/h7-10,14,17H,2-6,11-13H2,1H3,(H3,20,21). The normalized spacial score (nSPS) is 21.7. The number of hydrogen-bond acceptors (Lipinski definition) is 3. The number of benzene rings is 1. The van der Waals surface area contributed by atoms with Crippen molar-refractivity contribution < 1.29 is 4.79 Å². The Morgan fingerprint density at radius 2 is 1.83 bits per heavy atom. The van der Waals surface area contributed by atoms with Crippen molar-refractivity contribution in [2.24, 2.45) is 5.73 Å². The highest BCUT2D eigenvalue weighted by Crippen LogP contribution is 2.27. The average Bonchev–Trinajstić information content (AvgIpc) is 2.62. The number of nitrogens with one attached hydrogen (secondary N) is 1. The number of nitrogens with zero attached hydrogens (tertiary/aromatic N) is 2. The number of amidine groups is 1. The van der Waals surface area contributed by atoms with Crippen molar-refractivity contribution in [1.29, 1.82) is 5.41 Å². The zero-order valence-electron chi connectivity index (χ0n) is 14.5. The van der Waals surface area contributed by atoms with Crippen LogP contribution in [0.2, 0.25) is 0 Å². The van der Waals surface area contributed by atoms with E-state index in [-0.39, 0.29) is 17.8 Å². The maximum atomic E-state index is 12.7. The molecule has 1 aliphatic carbocycles. The number of nitrogen functional groups attached to an aromatic ring is 1. The third kappa shape index (κ3) is 3.61. The number of piperazine rings is 1. The van der Waals surface area contributed by atoms with E-state index in [9.17, 15) is 4.79 Å². The van der Waals surface area contributed by atoms with Crippen molar-refractivity contribution in [2.75, 3.05) is 19.6 Å². The quantitative estimate of drug-likeness (QED) is 0.659. The fourth-order valence-corrected chi connectivity index (χ4v) is 3.99. The molecule has 0 radical (unpaired) electrons. The van der Waals surface area contributed by atoms with Crippen molar-refractivity contribution in [3.8, 4) is 0 Å². The van der Waals surface area contributed by atoms with Gasteiger partial charge in [0.15, 0.2) is 0 Å². The first kappa shape index (κ1) is 17.0. The summed E-state index contributed by atoms with van der Waals surface area (Å²) < 4.78 is 0. The molecule has 24 heavy (non-hydrogen) atoms. The smallest absolute Gasteiger partial charge is 0.237 e. The molecule has 1 aliphatic heterocycles. The minimum Gasteiger partial charge on any atom is -0.384 e. The van der Waals surface area contributed by atoms with Gasteiger partial charge in [0.25, 0.3) is 0 Å². The van der Waals surface area contributed by atoms with Crippen molar-refractivity contribution in [1.82, 2.24) is 9.80 Å². The lowest BCUT2D eigenvalue weighted by atomic mass is 9.93. The van der Waals surface area contributed by atoms with Gasteiger partial charge in [0.05, 0.1) is 12.6 Å². The van der Waals surface area contributed by atoms with E-state index in [1.807, 2.05) is 29.2 Å². The fraction of sp³-hybridized carbons (Fsp3) is 0.579. The van der Waals surface area contributed by atoms with Crippen LogP contribution in [0.3, 0.4) is 0 Å². The molecule has 1 heterocycles. The number of carbonyl (C=O) groups is 1. The van der Waals surface area contributed by atoms with Gasteiger partial charge in [-0.2, -0.15) is 0 Å². The molecule has 0 aromatic heterocycles. The molecule has 1 saturated heterocycles. The van der Waals surface area contributed by atoms with Crippen LogP contribution in [0.5, 0.6) is 0 Å². The first-order chi connectivity index (χ1) is 11.6. The second-order valence-electron chi connectivity index (χ2n) is 7.06. The van der Waals surface area contributed by atoms with Gasteiger partial charge in [0.1, 0.15) is 5.84 Å². The maximum absolute atomic E-state index is 12.7. The third-order valence-electron chi connectivity index (χ3n) is 5.55. The summed E-state index contributed by atoms with van der Waals surface area (Å²) in [4.78, 5) is 17.0. The lowest BCUT2D eigenvalue weighted by Gasteiger charge is -2.42. The number of carbonyl (C=O) groups excluding carboxylic acids is 1. The topological polar surface area (TPSA) is 73.4 Å². The molecule has 2 aliphatic rings. The Hall–Kier alpha value is -1.88. The van der Waals surface area contributed by atoms with E-state index >= 15 is 0 Å². The SMILES string of the molecule is CC(c1ccc(C(=N)N)cc1)N1CCN(C2CCCCC2)CC1=O. The highest BCUT2D eigenvalue weighted by molar-refractivity contribution is 5.94. The summed E-state index contributed by atoms with van der Waals surface area (Å²) in [5.41, 5.74) is 7.32. The number of amides is 1. The minimum absolute atomic E-state index is 0.0621. The van der Waals surface area contributed by atoms with Gasteiger partial charge in [0, 0.05) is 24.7 Å². The Balaban J connectivity index is 1.63. The van der Waals surface area contributed by atoms with Gasteiger partial charge in [-0.3, -0.25) is 15.1 Å². The van der Waals surface area contributed by atoms with Gasteiger partial charge in [0.2, 0.25) is 5.91 Å². The van der Waals surface area contributed by atoms with E-state index in [0.29, 0.717) is 12.6 Å². The number of rotatable bonds is 4. The van der Waals surface area contributed by atoms with E-state index in [1.165, 1.54) is 32.1 Å². The van der Waals surface area contributed by atoms with Crippen LogP contribution in [0.15, 0.2) is 24.3 Å². The summed E-state index contributed by atoms with van der Waals surface area (Å²) >= 11 is 0. The summed E-state index contributed by atoms with van der Waals surface area (Å²) in [6, 6.07) is 8.33. The van der Waals surface area contributed by atoms with E-state index in [2.05, 4.69) is 11.8 Å². The molecule has 0 spiro atoms. The summed E-state index contributed by atoms with van der Waals surface area (Å²) in [5, 5.41) is 7.47. The highest BCUT2D eigenvalue weighted by atomic mass is 16.2. The van der Waals surface area contributed by atoms with Gasteiger partial charge in [-0.15, -0.1) is 0 Å². The zero-order chi connectivity index (χ0) is 17.1. The largest absolute Gasteiger partial charge is 0.384 e. The highest BCUT2D eigenvalue weighted by Gasteiger charge is 2.32. The minimum atomic E-state index is 0.0621. The summed E-state index contributed by atoms with van der Waals surface area (Å²) in [6.07, 6.45) is 6.44. The molecule has 0 bridgehead atoms. The van der Waals surface area contributed by atoms with Gasteiger partial charge in [-0.25, -0.2) is 0 Å². The van der Waals surface area contributed by atoms with Crippen LogP contribution in [0, 0.1) is 5.41 Å². The number of hydrogen-bond donors (Lipinski definition) is 2. The van der Waals surface area contributed by atoms with E-state index in [4.69, 9.17) is 11.1 Å². The Morgan fingerprint density at radius 1 is 1.17 bits per heavy atom. The molecule has 1 amide bonds. The Bertz CT molecular complexity index is 592. The Labute approximate surface area is 144 Å². The van der Waals surface area contributed by atoms with Crippen LogP contribution in [-0.4, -0.2) is 47.2 Å². The average molecular weight is 328 g/mol. The molecule has 5 nitrogen and oxygen atoms in total. The van der Waals surface area contributed by atoms with Crippen LogP contribution in [0.1, 0.15) is 56.2 Å². The molecular weight excluding hydrogens is 300 g/mol. The lowest BCUT2D eigenvalue weighted by Crippen LogP contribution is -2.54. The van der Waals surface area contributed by atoms with Crippen LogP contribution < -0.4 is 5.73 Å². The molecular formula is C19H28N4O. The van der Waals surface area contributed by atoms with Crippen LogP contribution in [0.25, 0.3) is 0 Å². The molecule has 130 valence electrons. The van der Waals surface area contributed by atoms with Gasteiger partial charge in [-0.1, -0.05) is 43.5 Å². The molecule has 1 saturated carbocycles. The van der Waals surface area contributed by atoms with Gasteiger partial charge >= 0.3 is 0 Å². The van der Waals surface area contributed by atoms with Crippen LogP contribution >= 0.6 is 0 Å². The fourth-order valence-electron chi connectivity index (χ4n) is 3.99. The zero-order valence-corrected chi connectivity index (χ0v) is 14.5. The van der Waals surface area contributed by atoms with E-state index < -0.39 is 0 Å². The summed E-state index contributed by atoms with van der Waals surface area (Å²) in [6.45, 7) is 4.41. The third-order valence-corrected chi connectivity index (χ3v) is 5.55. The molecule has 1 atom stereocenters. The predicted molar refractivity (Wildman–Crippen MR) is 96.0 cm³/mol. The van der Waals surface area contributed by atoms with E-state index in [1.54, 1.807) is 0 Å². The first-order valence-electron chi connectivity index (χ1n) is 9.04. The maximum Gasteiger partial charge on any atom is 0.237 e. The number of nitrogens with two attached hydrogens (primary N) is 1. The molecule has 3 N–H and O–H groups in total. The van der Waals surface area contributed by atoms with E-state index in [0.717, 1.165) is 24.2 Å². The lowest BCUT2D eigenvalue weighted by molar-refractivity contribution is -0.139. The van der Waals surface area contributed by atoms with Crippen LogP contribution in [0.4, 0.5) is 0 Å². The Kier molecular flexibility index (Phi) is 5.19. The molecule has 1 aromatic carbocycles. The van der Waals surface area contributed by atoms with Gasteiger partial charge in [-0.05, 0) is 25.3 Å². The monoisotopic (exact) mass is 328 g/mol. The van der Waals surface area contributed by atoms with Crippen molar-refractivity contribution in [3.63, 3.8) is 0 Å². The first-order valence-corrected chi connectivity index (χ1v) is 9.04. The molecule has 1 aromatic rings. The molecule has 1 unspecified atom stereocenters. The second kappa shape index (κ2) is 7.34. The van der Waals surface area contributed by atoms with Crippen molar-refractivity contribution in [3.05, 3.63) is 35.4 Å². The van der Waals surface area contributed by atoms with Gasteiger partial charge < -0.3 is 10.6 Å². The van der Waals surface area contributed by atoms with Crippen molar-refractivity contribution in [2.45, 2.75) is 51.1 Å². The van der Waals surface area contributed by atoms with Crippen molar-refractivity contribution >= 4 is 11.7 Å². The van der Waals surface area contributed by atoms with Crippen LogP contribution in [-0.2, 0) is 4.79 Å². The summed E-state index contributed by atoms with van der Waals surface area (Å²) in [5.74, 6) is 0.307. The Morgan fingerprint density at radius 3 is 2.42 bits per heavy atom. The molecule has 5 heteroatoms. The molecule has 2 fully saturated rings. The second-order valence-corrected chi connectivity index (χ2v) is 7.06. The molecule has 3 rings (SSSR count).